The molecule has 51 heavy (non-hydrogen) atoms. The fourth-order valence-corrected chi connectivity index (χ4v) is 10.6. The van der Waals surface area contributed by atoms with E-state index < -0.39 is 48.7 Å². The minimum absolute atomic E-state index is 0.00307. The predicted octanol–water partition coefficient (Wildman–Crippen LogP) is 11.3. The third-order valence-corrected chi connectivity index (χ3v) is 13.2. The number of aromatic nitrogens is 3. The fourth-order valence-electron chi connectivity index (χ4n) is 5.87. The maximum atomic E-state index is 12.3. The van der Waals surface area contributed by atoms with E-state index >= 15 is 0 Å². The lowest BCUT2D eigenvalue weighted by Gasteiger charge is -2.28. The molecule has 0 fully saturated rings. The van der Waals surface area contributed by atoms with E-state index in [2.05, 4.69) is 113 Å². The summed E-state index contributed by atoms with van der Waals surface area (Å²) in [6.07, 6.45) is 0. The molecule has 0 aliphatic rings. The summed E-state index contributed by atoms with van der Waals surface area (Å²) in [6, 6.07) is 9.89. The van der Waals surface area contributed by atoms with Crippen molar-refractivity contribution >= 4 is 50.1 Å². The number of hydrogen-bond acceptors (Lipinski definition) is 3. The molecule has 0 aliphatic heterocycles. The molecule has 278 valence electrons. The average Bonchev–Trinajstić information content (AvgIpc) is 3.43. The van der Waals surface area contributed by atoms with Gasteiger partial charge in [-0.2, -0.15) is 0 Å². The largest absolute Gasteiger partial charge is 0.494 e. The molecule has 0 aliphatic carbocycles. The molecule has 0 N–H and O–H groups in total. The normalized spacial score (nSPS) is 11.9. The van der Waals surface area contributed by atoms with Crippen LogP contribution in [0.1, 0.15) is 94.2 Å². The highest BCUT2D eigenvalue weighted by molar-refractivity contribution is 6.58. The molecule has 4 nitrogen and oxygen atoms in total. The first-order valence-corrected chi connectivity index (χ1v) is 20.2. The molecule has 1 heterocycles. The second-order valence-electron chi connectivity index (χ2n) is 16.4. The summed E-state index contributed by atoms with van der Waals surface area (Å²) in [5, 5.41) is 14.6. The minimum atomic E-state index is -2.21. The molecule has 0 spiro atoms. The molecule has 4 aromatic rings. The van der Waals surface area contributed by atoms with E-state index in [-0.39, 0.29) is 10.8 Å². The fraction of sp³-hybridized carbons (Fsp3) is 0.538. The molecular formula is C39H53AlBClF5N3O. The molecular weight excluding hydrogens is 695 g/mol. The summed E-state index contributed by atoms with van der Waals surface area (Å²) in [4.78, 5) is 1.66. The lowest BCUT2D eigenvalue weighted by atomic mass is 9.79. The third-order valence-electron chi connectivity index (χ3n) is 8.16. The first-order valence-electron chi connectivity index (χ1n) is 17.4. The first kappa shape index (κ1) is 44.6. The van der Waals surface area contributed by atoms with Gasteiger partial charge in [0, 0.05) is 10.6 Å². The van der Waals surface area contributed by atoms with Crippen LogP contribution < -0.4 is 10.2 Å². The Morgan fingerprint density at radius 2 is 1.16 bits per heavy atom. The van der Waals surface area contributed by atoms with Gasteiger partial charge in [0.15, 0.2) is 29.1 Å². The van der Waals surface area contributed by atoms with Crippen molar-refractivity contribution in [2.75, 3.05) is 7.11 Å². The predicted molar refractivity (Wildman–Crippen MR) is 204 cm³/mol. The van der Waals surface area contributed by atoms with Crippen molar-refractivity contribution < 1.29 is 26.7 Å². The van der Waals surface area contributed by atoms with E-state index in [1.807, 2.05) is 18.2 Å². The van der Waals surface area contributed by atoms with Gasteiger partial charge in [0.2, 0.25) is 0 Å². The van der Waals surface area contributed by atoms with Gasteiger partial charge in [0.25, 0.3) is 14.1 Å². The Bertz CT molecular complexity index is 1640. The van der Waals surface area contributed by atoms with Crippen LogP contribution in [-0.4, -0.2) is 44.1 Å². The number of benzene rings is 3. The van der Waals surface area contributed by atoms with Crippen molar-refractivity contribution in [3.05, 3.63) is 75.6 Å². The molecule has 0 bridgehead atoms. The number of fused-ring (bicyclic) bond motifs is 1. The first-order chi connectivity index (χ1) is 23.4. The monoisotopic (exact) mass is 747 g/mol. The van der Waals surface area contributed by atoms with Crippen molar-refractivity contribution in [2.45, 2.75) is 110 Å². The molecule has 0 atom stereocenters. The number of ether oxygens (including phenoxy) is 1. The highest BCUT2D eigenvalue weighted by atomic mass is 35.5. The van der Waals surface area contributed by atoms with Gasteiger partial charge in [0.1, 0.15) is 30.3 Å². The van der Waals surface area contributed by atoms with Gasteiger partial charge >= 0.3 is 0 Å². The quantitative estimate of drug-likeness (QED) is 0.0780. The standard InChI is InChI=1S/C21H26ClN3O.C6BF5.3C4H9.Al/c1-20(2,3)13-10-15(21(4,5)6)19(26-7)18(11-13)25-23-16-9-8-14(22)12-17(16)24-25;7-1-2(8)4(10)6(12)5(11)3(1)9;3*1-4(2)3;/h8-12H,1-7H3;;3*4H,1H2,2-3H3;. The van der Waals surface area contributed by atoms with Crippen molar-refractivity contribution in [3.63, 3.8) is 0 Å². The highest BCUT2D eigenvalue weighted by Crippen LogP contribution is 2.40. The molecule has 2 radical (unpaired) electrons. The number of hydrogen-bond donors (Lipinski definition) is 0. The number of rotatable bonds is 8. The summed E-state index contributed by atoms with van der Waals surface area (Å²) in [5.41, 5.74) is 3.32. The molecule has 3 aromatic carbocycles. The zero-order valence-electron chi connectivity index (χ0n) is 32.4. The Hall–Kier alpha value is -2.60. The Morgan fingerprint density at radius 1 is 0.706 bits per heavy atom. The van der Waals surface area contributed by atoms with Crippen LogP contribution in [0, 0.1) is 46.8 Å². The number of halogens is 6. The topological polar surface area (TPSA) is 39.9 Å². The second-order valence-corrected chi connectivity index (χ2v) is 20.0. The number of methoxy groups -OCH3 is 1. The summed E-state index contributed by atoms with van der Waals surface area (Å²) in [5.74, 6) is -6.72. The second kappa shape index (κ2) is 18.4. The van der Waals surface area contributed by atoms with Gasteiger partial charge in [-0.05, 0) is 46.1 Å². The Labute approximate surface area is 312 Å². The Kier molecular flexibility index (Phi) is 16.1. The van der Waals surface area contributed by atoms with Crippen molar-refractivity contribution in [2.24, 2.45) is 17.8 Å². The molecule has 0 unspecified atom stereocenters. The minimum Gasteiger partial charge on any atom is -0.494 e. The van der Waals surface area contributed by atoms with E-state index in [0.717, 1.165) is 45.8 Å². The summed E-state index contributed by atoms with van der Waals surface area (Å²) >= 11 is 5.69. The van der Waals surface area contributed by atoms with Crippen LogP contribution in [0.3, 0.4) is 0 Å². The van der Waals surface area contributed by atoms with E-state index in [0.29, 0.717) is 5.02 Å². The van der Waals surface area contributed by atoms with Crippen LogP contribution in [0.2, 0.25) is 20.9 Å². The third kappa shape index (κ3) is 12.5. The van der Waals surface area contributed by atoms with Crippen LogP contribution in [-0.2, 0) is 10.8 Å². The van der Waals surface area contributed by atoms with E-state index in [4.69, 9.17) is 16.3 Å². The Morgan fingerprint density at radius 3 is 1.57 bits per heavy atom. The van der Waals surface area contributed by atoms with Gasteiger partial charge in [-0.25, -0.2) is 22.0 Å². The van der Waals surface area contributed by atoms with Gasteiger partial charge in [-0.15, -0.1) is 15.0 Å². The maximum Gasteiger partial charge on any atom is 0.262 e. The van der Waals surface area contributed by atoms with Gasteiger partial charge in [-0.3, -0.25) is 0 Å². The smallest absolute Gasteiger partial charge is 0.262 e. The molecule has 0 saturated carbocycles. The summed E-state index contributed by atoms with van der Waals surface area (Å²) < 4.78 is 66.9. The lowest BCUT2D eigenvalue weighted by Crippen LogP contribution is -2.20. The van der Waals surface area contributed by atoms with Crippen LogP contribution in [0.5, 0.6) is 5.75 Å². The average molecular weight is 748 g/mol. The van der Waals surface area contributed by atoms with E-state index in [1.165, 1.54) is 5.56 Å². The zero-order chi connectivity index (χ0) is 39.2. The molecule has 12 heteroatoms. The SMILES string of the molecule is CC(C)[CH2][Al]([CH2]C(C)C)[CH2]C(C)C.COc1c(-n2nc3ccc(Cl)cc3n2)cc(C(C)(C)C)cc1C(C)(C)C.[B]c1c(F)c(F)c(F)c(F)c1F. The Balaban J connectivity index is 0.000000302. The zero-order valence-corrected chi connectivity index (χ0v) is 34.3. The maximum absolute atomic E-state index is 12.3. The van der Waals surface area contributed by atoms with Gasteiger partial charge in [0.05, 0.1) is 7.11 Å². The van der Waals surface area contributed by atoms with Gasteiger partial charge < -0.3 is 4.74 Å². The molecule has 4 rings (SSSR count). The van der Waals surface area contributed by atoms with Gasteiger partial charge in [-0.1, -0.05) is 134 Å². The van der Waals surface area contributed by atoms with E-state index in [9.17, 15) is 22.0 Å². The van der Waals surface area contributed by atoms with E-state index in [1.54, 1.807) is 27.8 Å². The summed E-state index contributed by atoms with van der Waals surface area (Å²) in [7, 11) is 6.26. The van der Waals surface area contributed by atoms with Crippen LogP contribution in [0.4, 0.5) is 22.0 Å². The molecule has 1 aromatic heterocycles. The molecule has 0 amide bonds. The molecule has 0 saturated heterocycles. The summed E-state index contributed by atoms with van der Waals surface area (Å²) in [6.45, 7) is 27.4. The van der Waals surface area contributed by atoms with Crippen LogP contribution in [0.15, 0.2) is 30.3 Å². The highest BCUT2D eigenvalue weighted by Gasteiger charge is 2.27. The van der Waals surface area contributed by atoms with Crippen LogP contribution >= 0.6 is 11.6 Å². The van der Waals surface area contributed by atoms with Crippen LogP contribution in [0.25, 0.3) is 16.7 Å². The number of nitrogens with zero attached hydrogens (tertiary/aromatic N) is 3. The lowest BCUT2D eigenvalue weighted by molar-refractivity contribution is 0.384. The van der Waals surface area contributed by atoms with Crippen molar-refractivity contribution in [1.82, 2.24) is 15.0 Å². The van der Waals surface area contributed by atoms with Crippen molar-refractivity contribution in [1.29, 1.82) is 0 Å². The van der Waals surface area contributed by atoms with Crippen molar-refractivity contribution in [3.8, 4) is 11.4 Å².